The monoisotopic (exact) mass is 558 g/mol. The van der Waals surface area contributed by atoms with E-state index in [1.807, 2.05) is 0 Å². The molecule has 0 aliphatic carbocycles. The van der Waals surface area contributed by atoms with Crippen LogP contribution in [-0.2, 0) is 11.3 Å². The van der Waals surface area contributed by atoms with Gasteiger partial charge in [0.05, 0.1) is 13.2 Å². The van der Waals surface area contributed by atoms with Crippen molar-refractivity contribution in [2.24, 2.45) is 0 Å². The second-order valence-electron chi connectivity index (χ2n) is 10.5. The van der Waals surface area contributed by atoms with E-state index >= 15 is 0 Å². The lowest BCUT2D eigenvalue weighted by atomic mass is 10.2. The highest BCUT2D eigenvalue weighted by Crippen LogP contribution is 2.25. The largest absolute Gasteiger partial charge is 0.378 e. The summed E-state index contributed by atoms with van der Waals surface area (Å²) in [5.74, 6) is 2.35. The van der Waals surface area contributed by atoms with Crippen molar-refractivity contribution in [3.05, 3.63) is 66.2 Å². The van der Waals surface area contributed by atoms with Gasteiger partial charge in [0.25, 0.3) is 0 Å². The minimum absolute atomic E-state index is 0.516. The summed E-state index contributed by atoms with van der Waals surface area (Å²) in [6.07, 6.45) is 2.56. The Hall–Kier alpha value is -3.63. The number of benzene rings is 2. The molecular weight excluding hydrogens is 520 g/mol. The van der Waals surface area contributed by atoms with E-state index in [0.717, 1.165) is 64.0 Å². The molecule has 0 radical (unpaired) electrons. The van der Waals surface area contributed by atoms with Crippen LogP contribution < -0.4 is 30.2 Å². The van der Waals surface area contributed by atoms with Crippen LogP contribution in [0.2, 0.25) is 0 Å². The molecule has 6 rings (SSSR count). The summed E-state index contributed by atoms with van der Waals surface area (Å²) < 4.78 is 5.58. The fourth-order valence-electron chi connectivity index (χ4n) is 5.55. The third-order valence-corrected chi connectivity index (χ3v) is 8.09. The van der Waals surface area contributed by atoms with Gasteiger partial charge in [0.15, 0.2) is 5.11 Å². The summed E-state index contributed by atoms with van der Waals surface area (Å²) >= 11 is 5.65. The number of hydrogen-bond acceptors (Lipinski definition) is 8. The number of anilines is 5. The molecule has 0 amide bonds. The Bertz CT molecular complexity index is 1250. The van der Waals surface area contributed by atoms with Gasteiger partial charge in [-0.15, -0.1) is 0 Å². The van der Waals surface area contributed by atoms with Crippen molar-refractivity contribution in [2.45, 2.75) is 19.4 Å². The van der Waals surface area contributed by atoms with Crippen LogP contribution in [0.1, 0.15) is 18.4 Å². The number of nitrogens with zero attached hydrogens (tertiary/aromatic N) is 6. The summed E-state index contributed by atoms with van der Waals surface area (Å²) in [5.41, 5.74) is 3.75. The zero-order valence-corrected chi connectivity index (χ0v) is 23.8. The van der Waals surface area contributed by atoms with Crippen LogP contribution in [-0.4, -0.2) is 80.7 Å². The van der Waals surface area contributed by atoms with Crippen LogP contribution in [0.15, 0.2) is 60.7 Å². The standard InChI is InChI=1S/C30H38N8OS/c40-30(31-23-24-8-10-26(11-9-24)35-12-4-5-13-35)34-29-32-27(22-28(33-29)38-18-20-39-21-19-38)37-16-14-36(15-17-37)25-6-2-1-3-7-25/h1-3,6-11,22H,4-5,12-21,23H2,(H2,31,32,33,34,40). The Kier molecular flexibility index (Phi) is 8.44. The number of ether oxygens (including phenoxy) is 1. The molecule has 210 valence electrons. The predicted molar refractivity (Wildman–Crippen MR) is 167 cm³/mol. The molecule has 3 aromatic rings. The van der Waals surface area contributed by atoms with E-state index < -0.39 is 0 Å². The molecule has 3 saturated heterocycles. The minimum atomic E-state index is 0.516. The van der Waals surface area contributed by atoms with Crippen molar-refractivity contribution in [3.8, 4) is 0 Å². The Morgan fingerprint density at radius 3 is 1.95 bits per heavy atom. The van der Waals surface area contributed by atoms with Gasteiger partial charge in [-0.05, 0) is 54.9 Å². The van der Waals surface area contributed by atoms with Crippen LogP contribution in [0, 0.1) is 0 Å². The van der Waals surface area contributed by atoms with Gasteiger partial charge >= 0.3 is 0 Å². The molecule has 1 aromatic heterocycles. The van der Waals surface area contributed by atoms with Gasteiger partial charge in [-0.25, -0.2) is 0 Å². The fourth-order valence-corrected chi connectivity index (χ4v) is 5.72. The van der Waals surface area contributed by atoms with Crippen molar-refractivity contribution in [1.29, 1.82) is 0 Å². The van der Waals surface area contributed by atoms with E-state index in [9.17, 15) is 0 Å². The molecule has 4 heterocycles. The highest BCUT2D eigenvalue weighted by atomic mass is 32.1. The molecule has 3 aliphatic heterocycles. The topological polar surface area (TPSA) is 72.0 Å². The van der Waals surface area contributed by atoms with Gasteiger partial charge < -0.3 is 35.0 Å². The van der Waals surface area contributed by atoms with Gasteiger partial charge in [0.2, 0.25) is 5.95 Å². The van der Waals surface area contributed by atoms with Crippen LogP contribution in [0.4, 0.5) is 29.0 Å². The Balaban J connectivity index is 1.11. The van der Waals surface area contributed by atoms with Gasteiger partial charge in [0.1, 0.15) is 11.6 Å². The molecule has 0 unspecified atom stereocenters. The van der Waals surface area contributed by atoms with Crippen molar-refractivity contribution in [1.82, 2.24) is 15.3 Å². The number of piperazine rings is 1. The third kappa shape index (κ3) is 6.56. The molecule has 0 saturated carbocycles. The Morgan fingerprint density at radius 2 is 1.27 bits per heavy atom. The third-order valence-electron chi connectivity index (χ3n) is 7.85. The first-order valence-corrected chi connectivity index (χ1v) is 14.8. The van der Waals surface area contributed by atoms with E-state index in [4.69, 9.17) is 26.9 Å². The van der Waals surface area contributed by atoms with Crippen LogP contribution in [0.5, 0.6) is 0 Å². The highest BCUT2D eigenvalue weighted by Gasteiger charge is 2.22. The van der Waals surface area contributed by atoms with Crippen LogP contribution in [0.25, 0.3) is 0 Å². The maximum atomic E-state index is 5.65. The summed E-state index contributed by atoms with van der Waals surface area (Å²) in [5, 5.41) is 7.10. The first-order valence-electron chi connectivity index (χ1n) is 14.4. The zero-order valence-electron chi connectivity index (χ0n) is 23.0. The molecule has 3 fully saturated rings. The smallest absolute Gasteiger partial charge is 0.232 e. The zero-order chi connectivity index (χ0) is 27.1. The van der Waals surface area contributed by atoms with E-state index in [1.165, 1.54) is 29.8 Å². The van der Waals surface area contributed by atoms with Crippen molar-refractivity contribution < 1.29 is 4.74 Å². The van der Waals surface area contributed by atoms with Crippen molar-refractivity contribution in [3.63, 3.8) is 0 Å². The molecule has 40 heavy (non-hydrogen) atoms. The molecule has 0 spiro atoms. The van der Waals surface area contributed by atoms with Crippen molar-refractivity contribution in [2.75, 3.05) is 90.5 Å². The first kappa shape index (κ1) is 26.6. The molecule has 0 bridgehead atoms. The average molecular weight is 559 g/mol. The van der Waals surface area contributed by atoms with Crippen LogP contribution in [0.3, 0.4) is 0 Å². The van der Waals surface area contributed by atoms with Gasteiger partial charge in [-0.1, -0.05) is 30.3 Å². The lowest BCUT2D eigenvalue weighted by Crippen LogP contribution is -2.47. The second-order valence-corrected chi connectivity index (χ2v) is 10.9. The summed E-state index contributed by atoms with van der Waals surface area (Å²) in [7, 11) is 0. The maximum Gasteiger partial charge on any atom is 0.232 e. The van der Waals surface area contributed by atoms with Crippen molar-refractivity contribution >= 4 is 46.3 Å². The first-order chi connectivity index (χ1) is 19.7. The van der Waals surface area contributed by atoms with Gasteiger partial charge in [-0.3, -0.25) is 0 Å². The van der Waals surface area contributed by atoms with Gasteiger partial charge in [0, 0.05) is 76.3 Å². The number of rotatable bonds is 7. The molecule has 3 aliphatic rings. The fraction of sp³-hybridized carbons (Fsp3) is 0.433. The number of aromatic nitrogens is 2. The number of nitrogens with one attached hydrogen (secondary N) is 2. The number of morpholine rings is 1. The molecule has 0 atom stereocenters. The predicted octanol–water partition coefficient (Wildman–Crippen LogP) is 3.73. The number of thiocarbonyl (C=S) groups is 1. The maximum absolute atomic E-state index is 5.65. The Morgan fingerprint density at radius 1 is 0.700 bits per heavy atom. The average Bonchev–Trinajstić information content (AvgIpc) is 3.56. The molecule has 2 N–H and O–H groups in total. The number of para-hydroxylation sites is 1. The van der Waals surface area contributed by atoms with Crippen LogP contribution >= 0.6 is 12.2 Å². The summed E-state index contributed by atoms with van der Waals surface area (Å²) in [6.45, 7) is 9.65. The van der Waals surface area contributed by atoms with Gasteiger partial charge in [-0.2, -0.15) is 9.97 Å². The normalized spacial score (nSPS) is 17.7. The summed E-state index contributed by atoms with van der Waals surface area (Å²) in [6, 6.07) is 21.5. The molecule has 2 aromatic carbocycles. The summed E-state index contributed by atoms with van der Waals surface area (Å²) in [4.78, 5) is 19.2. The SMILES string of the molecule is S=C(NCc1ccc(N2CCCC2)cc1)Nc1nc(N2CCOCC2)cc(N2CCN(c3ccccc3)CC2)n1. The number of hydrogen-bond donors (Lipinski definition) is 2. The molecule has 9 nitrogen and oxygen atoms in total. The molecule has 10 heteroatoms. The molecular formula is C30H38N8OS. The highest BCUT2D eigenvalue weighted by molar-refractivity contribution is 7.80. The van der Waals surface area contributed by atoms with E-state index in [2.05, 4.69) is 90.9 Å². The lowest BCUT2D eigenvalue weighted by Gasteiger charge is -2.37. The van der Waals surface area contributed by atoms with E-state index in [1.54, 1.807) is 0 Å². The minimum Gasteiger partial charge on any atom is -0.378 e. The Labute approximate surface area is 242 Å². The quantitative estimate of drug-likeness (QED) is 0.419. The van der Waals surface area contributed by atoms with E-state index in [-0.39, 0.29) is 0 Å². The van der Waals surface area contributed by atoms with E-state index in [0.29, 0.717) is 30.8 Å². The lowest BCUT2D eigenvalue weighted by molar-refractivity contribution is 0.122. The second kappa shape index (κ2) is 12.7.